The second kappa shape index (κ2) is 6.84. The summed E-state index contributed by atoms with van der Waals surface area (Å²) >= 11 is 0. The summed E-state index contributed by atoms with van der Waals surface area (Å²) in [4.78, 5) is 31.1. The van der Waals surface area contributed by atoms with Crippen LogP contribution in [0.4, 0.5) is 0 Å². The van der Waals surface area contributed by atoms with Crippen molar-refractivity contribution < 1.29 is 7.65 Å². The average Bonchev–Trinajstić information content (AvgIpc) is 3.22. The fraction of sp³-hybridized carbons (Fsp3) is 0.353. The molecule has 0 spiro atoms. The second-order valence-corrected chi connectivity index (χ2v) is 6.15. The number of amides is 1. The molecule has 2 N–H and O–H groups in total. The van der Waals surface area contributed by atoms with Crippen LogP contribution < -0.4 is 0 Å². The van der Waals surface area contributed by atoms with Crippen molar-refractivity contribution in [2.45, 2.75) is 6.42 Å². The first-order valence-electron chi connectivity index (χ1n) is 7.93. The van der Waals surface area contributed by atoms with Crippen molar-refractivity contribution in [3.63, 3.8) is 0 Å². The molecule has 0 aliphatic carbocycles. The van der Waals surface area contributed by atoms with Crippen molar-refractivity contribution in [2.24, 2.45) is 0 Å². The van der Waals surface area contributed by atoms with Crippen LogP contribution in [0.2, 0.25) is 0 Å². The lowest BCUT2D eigenvalue weighted by Gasteiger charge is -2.17. The third-order valence-corrected chi connectivity index (χ3v) is 3.99. The van der Waals surface area contributed by atoms with Gasteiger partial charge in [-0.2, -0.15) is 0 Å². The van der Waals surface area contributed by atoms with E-state index in [2.05, 4.69) is 24.8 Å². The molecule has 130 valence electrons. The summed E-state index contributed by atoms with van der Waals surface area (Å²) in [5, 5.41) is 0.940. The molecule has 3 aromatic rings. The number of nitrogens with zero attached hydrogens (tertiary/aromatic N) is 4. The first-order valence-corrected chi connectivity index (χ1v) is 7.93. The number of carbonyl (C=O) groups excluding carboxylic acids is 1. The Bertz CT molecular complexity index is 845. The summed E-state index contributed by atoms with van der Waals surface area (Å²) in [6, 6.07) is 3.78. The van der Waals surface area contributed by atoms with E-state index in [0.29, 0.717) is 5.69 Å². The second-order valence-electron chi connectivity index (χ2n) is 6.15. The Kier molecular flexibility index (Phi) is 4.61. The molecule has 0 unspecified atom stereocenters. The van der Waals surface area contributed by atoms with Gasteiger partial charge in [-0.15, -0.1) is 0 Å². The van der Waals surface area contributed by atoms with Gasteiger partial charge < -0.3 is 19.8 Å². The first kappa shape index (κ1) is 16.2. The fourth-order valence-corrected chi connectivity index (χ4v) is 2.69. The maximum atomic E-state index is 12.5. The van der Waals surface area contributed by atoms with Crippen molar-refractivity contribution in [3.05, 3.63) is 36.5 Å². The molecule has 0 fully saturated rings. The van der Waals surface area contributed by atoms with Crippen molar-refractivity contribution >= 4 is 16.9 Å². The zero-order chi connectivity index (χ0) is 17.1. The summed E-state index contributed by atoms with van der Waals surface area (Å²) < 4.78 is 0. The van der Waals surface area contributed by atoms with Crippen molar-refractivity contribution in [3.8, 4) is 11.3 Å². The van der Waals surface area contributed by atoms with Gasteiger partial charge in [0.1, 0.15) is 17.7 Å². The van der Waals surface area contributed by atoms with Crippen LogP contribution in [0, 0.1) is 0 Å². The van der Waals surface area contributed by atoms with Gasteiger partial charge in [-0.25, -0.2) is 9.97 Å². The number of aromatic amines is 2. The SMILES string of the molecule is CN(C)CCCN(C)C(=O)c1cc(-c2ncnc3[nH]ccc23)c[nH]1.[HH].[HH]. The van der Waals surface area contributed by atoms with E-state index in [9.17, 15) is 4.79 Å². The Morgan fingerprint density at radius 2 is 2.04 bits per heavy atom. The maximum Gasteiger partial charge on any atom is 0.270 e. The lowest BCUT2D eigenvalue weighted by Crippen LogP contribution is -2.29. The van der Waals surface area contributed by atoms with E-state index in [1.165, 1.54) is 6.33 Å². The normalized spacial score (nSPS) is 11.3. The minimum Gasteiger partial charge on any atom is -0.357 e. The van der Waals surface area contributed by atoms with E-state index >= 15 is 0 Å². The lowest BCUT2D eigenvalue weighted by atomic mass is 10.1. The summed E-state index contributed by atoms with van der Waals surface area (Å²) in [5.41, 5.74) is 3.05. The van der Waals surface area contributed by atoms with Crippen LogP contribution in [0.1, 0.15) is 19.8 Å². The third-order valence-electron chi connectivity index (χ3n) is 3.99. The van der Waals surface area contributed by atoms with Crippen molar-refractivity contribution in [1.82, 2.24) is 29.7 Å². The molecule has 0 bridgehead atoms. The van der Waals surface area contributed by atoms with Crippen LogP contribution in [0.5, 0.6) is 0 Å². The van der Waals surface area contributed by atoms with Gasteiger partial charge in [-0.3, -0.25) is 4.79 Å². The number of hydrogen-bond acceptors (Lipinski definition) is 4. The molecule has 3 heterocycles. The van der Waals surface area contributed by atoms with Crippen LogP contribution in [0.25, 0.3) is 22.3 Å². The van der Waals surface area contributed by atoms with Gasteiger partial charge in [-0.1, -0.05) is 0 Å². The van der Waals surface area contributed by atoms with E-state index in [4.69, 9.17) is 0 Å². The number of rotatable bonds is 6. The van der Waals surface area contributed by atoms with Gasteiger partial charge in [-0.05, 0) is 39.2 Å². The Hall–Kier alpha value is -2.67. The standard InChI is InChI=1S/C17H22N6O.2H2/c1-22(2)7-4-8-23(3)17(24)14-9-12(10-19-14)15-13-5-6-18-16(13)21-11-20-15;;/h5-6,9-11,19H,4,7-8H2,1-3H3,(H,18,20,21);2*1H. The molecule has 0 aromatic carbocycles. The summed E-state index contributed by atoms with van der Waals surface area (Å²) in [6.07, 6.45) is 6.12. The van der Waals surface area contributed by atoms with Crippen LogP contribution in [0.3, 0.4) is 0 Å². The highest BCUT2D eigenvalue weighted by Gasteiger charge is 2.16. The summed E-state index contributed by atoms with van der Waals surface area (Å²) in [6.45, 7) is 1.68. The molecule has 0 atom stereocenters. The van der Waals surface area contributed by atoms with Crippen LogP contribution in [-0.2, 0) is 0 Å². The van der Waals surface area contributed by atoms with Gasteiger partial charge >= 0.3 is 0 Å². The molecular formula is C17H26N6O. The van der Waals surface area contributed by atoms with E-state index in [0.717, 1.165) is 41.8 Å². The highest BCUT2D eigenvalue weighted by atomic mass is 16.2. The van der Waals surface area contributed by atoms with Crippen LogP contribution >= 0.6 is 0 Å². The minimum absolute atomic E-state index is 0. The first-order chi connectivity index (χ1) is 11.6. The largest absolute Gasteiger partial charge is 0.357 e. The Morgan fingerprint density at radius 1 is 1.21 bits per heavy atom. The number of H-pyrrole nitrogens is 2. The predicted molar refractivity (Wildman–Crippen MR) is 98.0 cm³/mol. The van der Waals surface area contributed by atoms with Gasteiger partial charge in [0, 0.05) is 39.8 Å². The number of fused-ring (bicyclic) bond motifs is 1. The molecule has 0 aliphatic rings. The third kappa shape index (κ3) is 3.30. The predicted octanol–water partition coefficient (Wildman–Crippen LogP) is 2.47. The quantitative estimate of drug-likeness (QED) is 0.727. The molecule has 24 heavy (non-hydrogen) atoms. The van der Waals surface area contributed by atoms with E-state index in [1.807, 2.05) is 45.7 Å². The zero-order valence-corrected chi connectivity index (χ0v) is 14.2. The van der Waals surface area contributed by atoms with Crippen molar-refractivity contribution in [1.29, 1.82) is 0 Å². The zero-order valence-electron chi connectivity index (χ0n) is 14.2. The molecule has 0 aliphatic heterocycles. The van der Waals surface area contributed by atoms with E-state index < -0.39 is 0 Å². The van der Waals surface area contributed by atoms with Gasteiger partial charge in [0.15, 0.2) is 0 Å². The smallest absolute Gasteiger partial charge is 0.270 e. The van der Waals surface area contributed by atoms with Gasteiger partial charge in [0.05, 0.1) is 5.69 Å². The van der Waals surface area contributed by atoms with Gasteiger partial charge in [0.25, 0.3) is 5.91 Å². The van der Waals surface area contributed by atoms with Crippen LogP contribution in [-0.4, -0.2) is 69.9 Å². The van der Waals surface area contributed by atoms with E-state index in [1.54, 1.807) is 4.90 Å². The highest BCUT2D eigenvalue weighted by Crippen LogP contribution is 2.25. The molecule has 7 heteroatoms. The fourth-order valence-electron chi connectivity index (χ4n) is 2.69. The topological polar surface area (TPSA) is 80.9 Å². The Balaban J connectivity index is 0.00000169. The number of carbonyl (C=O) groups is 1. The Morgan fingerprint density at radius 3 is 2.83 bits per heavy atom. The van der Waals surface area contributed by atoms with Crippen molar-refractivity contribution in [2.75, 3.05) is 34.2 Å². The van der Waals surface area contributed by atoms with Gasteiger partial charge in [0.2, 0.25) is 0 Å². The molecule has 3 aromatic heterocycles. The lowest BCUT2D eigenvalue weighted by molar-refractivity contribution is 0.0785. The molecule has 0 radical (unpaired) electrons. The Labute approximate surface area is 143 Å². The van der Waals surface area contributed by atoms with Crippen LogP contribution in [0.15, 0.2) is 30.9 Å². The monoisotopic (exact) mass is 330 g/mol. The molecule has 0 saturated heterocycles. The summed E-state index contributed by atoms with van der Waals surface area (Å²) in [7, 11) is 5.89. The minimum atomic E-state index is -0.0145. The number of nitrogens with one attached hydrogen (secondary N) is 2. The maximum absolute atomic E-state index is 12.5. The molecule has 1 amide bonds. The summed E-state index contributed by atoms with van der Waals surface area (Å²) in [5.74, 6) is -0.0145. The number of aromatic nitrogens is 4. The average molecular weight is 330 g/mol. The molecule has 7 nitrogen and oxygen atoms in total. The molecular weight excluding hydrogens is 304 g/mol. The molecule has 3 rings (SSSR count). The van der Waals surface area contributed by atoms with E-state index in [-0.39, 0.29) is 8.76 Å². The highest BCUT2D eigenvalue weighted by molar-refractivity contribution is 5.96. The number of hydrogen-bond donors (Lipinski definition) is 2. The molecule has 0 saturated carbocycles.